The van der Waals surface area contributed by atoms with Crippen molar-refractivity contribution in [2.24, 2.45) is 0 Å². The Hall–Kier alpha value is -1.99. The van der Waals surface area contributed by atoms with Gasteiger partial charge >= 0.3 is 0 Å². The van der Waals surface area contributed by atoms with Crippen molar-refractivity contribution >= 4 is 54.4 Å². The van der Waals surface area contributed by atoms with Crippen LogP contribution in [0.25, 0.3) is 10.9 Å². The molecule has 0 atom stereocenters. The van der Waals surface area contributed by atoms with Crippen LogP contribution >= 0.6 is 31.9 Å². The maximum Gasteiger partial charge on any atom is 0.262 e. The van der Waals surface area contributed by atoms with Crippen LogP contribution in [0.15, 0.2) is 57.7 Å². The van der Waals surface area contributed by atoms with Crippen LogP contribution in [0.4, 0.5) is 5.69 Å². The topological polar surface area (TPSA) is 64.1 Å². The van der Waals surface area contributed by atoms with E-state index in [-0.39, 0.29) is 12.5 Å². The number of fused-ring (bicyclic) bond motifs is 1. The van der Waals surface area contributed by atoms with Gasteiger partial charge in [-0.15, -0.1) is 0 Å². The molecule has 1 amide bonds. The first-order valence-electron chi connectivity index (χ1n) is 6.70. The van der Waals surface area contributed by atoms with Gasteiger partial charge in [0, 0.05) is 14.6 Å². The molecule has 0 saturated carbocycles. The second-order valence-corrected chi connectivity index (χ2v) is 6.52. The van der Waals surface area contributed by atoms with Crippen molar-refractivity contribution in [3.05, 3.63) is 57.7 Å². The van der Waals surface area contributed by atoms with Gasteiger partial charge in [0.1, 0.15) is 6.33 Å². The molecule has 1 aromatic heterocycles. The molecule has 0 aliphatic carbocycles. The number of nitrogens with zero attached hydrogens (tertiary/aromatic N) is 2. The Morgan fingerprint density at radius 1 is 1.09 bits per heavy atom. The molecule has 5 nitrogen and oxygen atoms in total. The number of hydrogen-bond donors (Lipinski definition) is 1. The van der Waals surface area contributed by atoms with Crippen molar-refractivity contribution < 1.29 is 9.53 Å². The Kier molecular flexibility index (Phi) is 4.88. The maximum atomic E-state index is 12.0. The molecule has 3 rings (SSSR count). The summed E-state index contributed by atoms with van der Waals surface area (Å²) in [5, 5.41) is 3.51. The molecule has 23 heavy (non-hydrogen) atoms. The third kappa shape index (κ3) is 4.05. The lowest BCUT2D eigenvalue weighted by molar-refractivity contribution is -0.118. The summed E-state index contributed by atoms with van der Waals surface area (Å²) in [6.07, 6.45) is 1.41. The monoisotopic (exact) mass is 435 g/mol. The second-order valence-electron chi connectivity index (χ2n) is 4.69. The van der Waals surface area contributed by atoms with E-state index >= 15 is 0 Å². The maximum absolute atomic E-state index is 12.0. The molecule has 3 aromatic rings. The van der Waals surface area contributed by atoms with E-state index in [0.29, 0.717) is 11.6 Å². The first kappa shape index (κ1) is 15.9. The Bertz CT molecular complexity index is 871. The van der Waals surface area contributed by atoms with Gasteiger partial charge in [-0.1, -0.05) is 37.9 Å². The number of ether oxygens (including phenoxy) is 1. The molecule has 0 saturated heterocycles. The molecule has 7 heteroatoms. The van der Waals surface area contributed by atoms with Gasteiger partial charge in [0.15, 0.2) is 6.61 Å². The van der Waals surface area contributed by atoms with Crippen molar-refractivity contribution in [3.63, 3.8) is 0 Å². The van der Waals surface area contributed by atoms with Crippen LogP contribution in [0.2, 0.25) is 0 Å². The third-order valence-corrected chi connectivity index (χ3v) is 4.00. The first-order chi connectivity index (χ1) is 11.1. The van der Waals surface area contributed by atoms with Gasteiger partial charge < -0.3 is 10.1 Å². The summed E-state index contributed by atoms with van der Waals surface area (Å²) in [5.41, 5.74) is 1.45. The van der Waals surface area contributed by atoms with Crippen LogP contribution in [-0.4, -0.2) is 22.5 Å². The van der Waals surface area contributed by atoms with Gasteiger partial charge in [0.2, 0.25) is 5.88 Å². The van der Waals surface area contributed by atoms with Crippen molar-refractivity contribution in [2.75, 3.05) is 11.9 Å². The van der Waals surface area contributed by atoms with E-state index in [4.69, 9.17) is 4.74 Å². The summed E-state index contributed by atoms with van der Waals surface area (Å²) in [6.45, 7) is -0.134. The fourth-order valence-corrected chi connectivity index (χ4v) is 2.78. The highest BCUT2D eigenvalue weighted by molar-refractivity contribution is 9.10. The van der Waals surface area contributed by atoms with Crippen LogP contribution in [0.3, 0.4) is 0 Å². The van der Waals surface area contributed by atoms with Gasteiger partial charge in [0.05, 0.1) is 10.9 Å². The average Bonchev–Trinajstić information content (AvgIpc) is 2.53. The van der Waals surface area contributed by atoms with Crippen LogP contribution in [-0.2, 0) is 4.79 Å². The molecule has 0 aliphatic rings. The van der Waals surface area contributed by atoms with E-state index in [1.165, 1.54) is 6.33 Å². The second kappa shape index (κ2) is 7.06. The largest absolute Gasteiger partial charge is 0.467 e. The molecule has 0 unspecified atom stereocenters. The summed E-state index contributed by atoms with van der Waals surface area (Å²) in [6, 6.07) is 13.0. The fourth-order valence-electron chi connectivity index (χ4n) is 2.02. The van der Waals surface area contributed by atoms with E-state index in [0.717, 1.165) is 19.8 Å². The highest BCUT2D eigenvalue weighted by atomic mass is 79.9. The smallest absolute Gasteiger partial charge is 0.262 e. The Labute approximate surface area is 149 Å². The molecule has 0 radical (unpaired) electrons. The summed E-state index contributed by atoms with van der Waals surface area (Å²) in [4.78, 5) is 20.3. The molecule has 0 spiro atoms. The molecule has 1 N–H and O–H groups in total. The van der Waals surface area contributed by atoms with Crippen LogP contribution in [0.1, 0.15) is 0 Å². The summed E-state index contributed by atoms with van der Waals surface area (Å²) < 4.78 is 7.33. The van der Waals surface area contributed by atoms with Gasteiger partial charge in [-0.05, 0) is 36.4 Å². The summed E-state index contributed by atoms with van der Waals surface area (Å²) in [5.74, 6) is 0.116. The summed E-state index contributed by atoms with van der Waals surface area (Å²) in [7, 11) is 0. The predicted molar refractivity (Wildman–Crippen MR) is 95.5 cm³/mol. The highest BCUT2D eigenvalue weighted by Gasteiger charge is 2.09. The number of anilines is 1. The quantitative estimate of drug-likeness (QED) is 0.666. The third-order valence-electron chi connectivity index (χ3n) is 3.01. The number of rotatable bonds is 4. The number of aromatic nitrogens is 2. The zero-order valence-corrected chi connectivity index (χ0v) is 15.0. The minimum Gasteiger partial charge on any atom is -0.467 e. The minimum absolute atomic E-state index is 0.134. The van der Waals surface area contributed by atoms with E-state index in [2.05, 4.69) is 47.1 Å². The zero-order valence-electron chi connectivity index (χ0n) is 11.8. The van der Waals surface area contributed by atoms with Crippen LogP contribution < -0.4 is 10.1 Å². The fraction of sp³-hybridized carbons (Fsp3) is 0.0625. The number of carbonyl (C=O) groups excluding carboxylic acids is 1. The lowest BCUT2D eigenvalue weighted by Crippen LogP contribution is -2.20. The molecule has 0 bridgehead atoms. The van der Waals surface area contributed by atoms with Crippen molar-refractivity contribution in [1.82, 2.24) is 9.97 Å². The SMILES string of the molecule is O=C(COc1ncnc2ccc(Br)cc12)Nc1cccc(Br)c1. The molecule has 0 aliphatic heterocycles. The van der Waals surface area contributed by atoms with Crippen LogP contribution in [0, 0.1) is 0 Å². The normalized spacial score (nSPS) is 10.5. The average molecular weight is 437 g/mol. The lowest BCUT2D eigenvalue weighted by Gasteiger charge is -2.09. The predicted octanol–water partition coefficient (Wildman–Crippen LogP) is 4.17. The van der Waals surface area contributed by atoms with Gasteiger partial charge in [-0.2, -0.15) is 0 Å². The number of hydrogen-bond acceptors (Lipinski definition) is 4. The van der Waals surface area contributed by atoms with Crippen molar-refractivity contribution in [3.8, 4) is 5.88 Å². The number of nitrogens with one attached hydrogen (secondary N) is 1. The minimum atomic E-state index is -0.259. The number of amides is 1. The number of carbonyl (C=O) groups is 1. The first-order valence-corrected chi connectivity index (χ1v) is 8.29. The van der Waals surface area contributed by atoms with Crippen molar-refractivity contribution in [2.45, 2.75) is 0 Å². The van der Waals surface area contributed by atoms with E-state index in [1.54, 1.807) is 6.07 Å². The van der Waals surface area contributed by atoms with Gasteiger partial charge in [-0.25, -0.2) is 9.97 Å². The number of halogens is 2. The van der Waals surface area contributed by atoms with Crippen LogP contribution in [0.5, 0.6) is 5.88 Å². The number of benzene rings is 2. The molecule has 116 valence electrons. The van der Waals surface area contributed by atoms with E-state index in [9.17, 15) is 4.79 Å². The van der Waals surface area contributed by atoms with Crippen molar-refractivity contribution in [1.29, 1.82) is 0 Å². The Morgan fingerprint density at radius 3 is 2.74 bits per heavy atom. The Morgan fingerprint density at radius 2 is 1.91 bits per heavy atom. The molecule has 1 heterocycles. The van der Waals surface area contributed by atoms with E-state index in [1.807, 2.05) is 36.4 Å². The van der Waals surface area contributed by atoms with E-state index < -0.39 is 0 Å². The lowest BCUT2D eigenvalue weighted by atomic mass is 10.2. The molecular formula is C16H11Br2N3O2. The van der Waals surface area contributed by atoms with Gasteiger partial charge in [0.25, 0.3) is 5.91 Å². The zero-order chi connectivity index (χ0) is 16.2. The Balaban J connectivity index is 1.71. The molecule has 0 fully saturated rings. The van der Waals surface area contributed by atoms with Gasteiger partial charge in [-0.3, -0.25) is 4.79 Å². The molecule has 2 aromatic carbocycles. The summed E-state index contributed by atoms with van der Waals surface area (Å²) >= 11 is 6.76. The molecular weight excluding hydrogens is 426 g/mol. The standard InChI is InChI=1S/C16H11Br2N3O2/c17-10-2-1-3-12(6-10)21-15(22)8-23-16-13-7-11(18)4-5-14(13)19-9-20-16/h1-7,9H,8H2,(H,21,22). The highest BCUT2D eigenvalue weighted by Crippen LogP contribution is 2.24.